The number of methoxy groups -OCH3 is 1. The fraction of sp³-hybridized carbons (Fsp3) is 0.115. The molecule has 0 fully saturated rings. The lowest BCUT2D eigenvalue weighted by Gasteiger charge is -2.06. The number of aryl methyl sites for hydroxylation is 2. The maximum atomic E-state index is 13.3. The van der Waals surface area contributed by atoms with Gasteiger partial charge in [0.1, 0.15) is 0 Å². The van der Waals surface area contributed by atoms with Crippen LogP contribution in [0.2, 0.25) is 0 Å². The standard InChI is InChI=1S/C26H22N6O5/c1-15-14-16(2)32(31-15)25-19(27-23(37-25)18-12-8-5-9-13-18)21(33)29-30-24-20(26(34)35-3)28-22(36-24)17-10-6-4-7-11-17/h4-14,30H,1-3H3,(H,29,33). The largest absolute Gasteiger partial charge is 0.464 e. The van der Waals surface area contributed by atoms with Crippen LogP contribution in [0.15, 0.2) is 75.6 Å². The van der Waals surface area contributed by atoms with Crippen LogP contribution in [-0.4, -0.2) is 38.7 Å². The molecule has 1 amide bonds. The van der Waals surface area contributed by atoms with Crippen molar-refractivity contribution in [3.05, 3.63) is 89.5 Å². The van der Waals surface area contributed by atoms with Gasteiger partial charge in [0.25, 0.3) is 11.8 Å². The topological polar surface area (TPSA) is 137 Å². The van der Waals surface area contributed by atoms with Gasteiger partial charge < -0.3 is 13.6 Å². The van der Waals surface area contributed by atoms with Crippen LogP contribution in [-0.2, 0) is 4.74 Å². The Morgan fingerprint density at radius 2 is 1.46 bits per heavy atom. The molecule has 0 aliphatic heterocycles. The molecule has 0 saturated heterocycles. The summed E-state index contributed by atoms with van der Waals surface area (Å²) in [5.41, 5.74) is 7.80. The van der Waals surface area contributed by atoms with Gasteiger partial charge in [0.05, 0.1) is 12.8 Å². The average molecular weight is 498 g/mol. The van der Waals surface area contributed by atoms with Gasteiger partial charge in [0, 0.05) is 16.8 Å². The molecule has 3 heterocycles. The van der Waals surface area contributed by atoms with Crippen molar-refractivity contribution < 1.29 is 23.2 Å². The van der Waals surface area contributed by atoms with E-state index in [1.54, 1.807) is 12.1 Å². The Labute approximate surface area is 211 Å². The molecule has 5 aromatic rings. The molecule has 0 saturated carbocycles. The summed E-state index contributed by atoms with van der Waals surface area (Å²) in [5, 5.41) is 4.43. The molecule has 5 rings (SSSR count). The van der Waals surface area contributed by atoms with Gasteiger partial charge in [-0.25, -0.2) is 14.5 Å². The SMILES string of the molecule is COC(=O)c1nc(-c2ccccc2)oc1NNC(=O)c1nc(-c2ccccc2)oc1-n1nc(C)cc1C. The van der Waals surface area contributed by atoms with Crippen molar-refractivity contribution in [1.82, 2.24) is 25.2 Å². The van der Waals surface area contributed by atoms with Crippen LogP contribution in [0.4, 0.5) is 5.88 Å². The first kappa shape index (κ1) is 23.5. The van der Waals surface area contributed by atoms with Gasteiger partial charge in [-0.05, 0) is 44.2 Å². The number of aromatic nitrogens is 4. The number of benzene rings is 2. The van der Waals surface area contributed by atoms with Crippen LogP contribution in [0.1, 0.15) is 32.4 Å². The number of rotatable bonds is 7. The van der Waals surface area contributed by atoms with E-state index in [2.05, 4.69) is 25.9 Å². The van der Waals surface area contributed by atoms with Gasteiger partial charge in [-0.2, -0.15) is 10.1 Å². The summed E-state index contributed by atoms with van der Waals surface area (Å²) in [4.78, 5) is 34.2. The third kappa shape index (κ3) is 4.69. The minimum Gasteiger partial charge on any atom is -0.464 e. The zero-order valence-electron chi connectivity index (χ0n) is 20.2. The van der Waals surface area contributed by atoms with Crippen molar-refractivity contribution in [2.45, 2.75) is 13.8 Å². The second-order valence-electron chi connectivity index (χ2n) is 8.01. The molecule has 186 valence electrons. The Hall–Kier alpha value is -5.19. The van der Waals surface area contributed by atoms with Crippen molar-refractivity contribution in [2.75, 3.05) is 12.5 Å². The van der Waals surface area contributed by atoms with Crippen molar-refractivity contribution in [1.29, 1.82) is 0 Å². The number of anilines is 1. The van der Waals surface area contributed by atoms with Gasteiger partial charge in [-0.15, -0.1) is 0 Å². The molecule has 0 radical (unpaired) electrons. The van der Waals surface area contributed by atoms with Crippen LogP contribution < -0.4 is 10.9 Å². The highest BCUT2D eigenvalue weighted by molar-refractivity contribution is 5.97. The summed E-state index contributed by atoms with van der Waals surface area (Å²) < 4.78 is 18.0. The molecule has 0 spiro atoms. The molecule has 0 bridgehead atoms. The number of amides is 1. The van der Waals surface area contributed by atoms with E-state index in [0.717, 1.165) is 11.4 Å². The molecule has 3 aromatic heterocycles. The lowest BCUT2D eigenvalue weighted by atomic mass is 10.2. The predicted octanol–water partition coefficient (Wildman–Crippen LogP) is 4.34. The number of nitrogens with one attached hydrogen (secondary N) is 2. The summed E-state index contributed by atoms with van der Waals surface area (Å²) >= 11 is 0. The van der Waals surface area contributed by atoms with Crippen LogP contribution in [0.25, 0.3) is 28.8 Å². The minimum atomic E-state index is -0.737. The molecule has 0 atom stereocenters. The van der Waals surface area contributed by atoms with E-state index in [4.69, 9.17) is 13.6 Å². The smallest absolute Gasteiger partial charge is 0.362 e. The number of oxazole rings is 2. The van der Waals surface area contributed by atoms with E-state index in [-0.39, 0.29) is 34.9 Å². The van der Waals surface area contributed by atoms with Crippen molar-refractivity contribution in [2.24, 2.45) is 0 Å². The van der Waals surface area contributed by atoms with Crippen LogP contribution >= 0.6 is 0 Å². The normalized spacial score (nSPS) is 10.8. The van der Waals surface area contributed by atoms with Crippen molar-refractivity contribution in [3.63, 3.8) is 0 Å². The summed E-state index contributed by atoms with van der Waals surface area (Å²) in [6.07, 6.45) is 0. The van der Waals surface area contributed by atoms with Crippen LogP contribution in [0.3, 0.4) is 0 Å². The molecule has 0 aliphatic rings. The van der Waals surface area contributed by atoms with Gasteiger partial charge in [0.15, 0.2) is 5.69 Å². The van der Waals surface area contributed by atoms with E-state index in [1.165, 1.54) is 11.8 Å². The number of ether oxygens (including phenoxy) is 1. The van der Waals surface area contributed by atoms with Gasteiger partial charge >= 0.3 is 5.97 Å². The Balaban J connectivity index is 1.47. The molecule has 11 heteroatoms. The maximum Gasteiger partial charge on any atom is 0.362 e. The number of esters is 1. The first-order valence-electron chi connectivity index (χ1n) is 11.3. The highest BCUT2D eigenvalue weighted by Gasteiger charge is 2.26. The molecule has 2 N–H and O–H groups in total. The first-order chi connectivity index (χ1) is 17.9. The molecule has 0 unspecified atom stereocenters. The zero-order valence-corrected chi connectivity index (χ0v) is 20.2. The highest BCUT2D eigenvalue weighted by atomic mass is 16.5. The Morgan fingerprint density at radius 3 is 2.03 bits per heavy atom. The van der Waals surface area contributed by atoms with E-state index in [1.807, 2.05) is 68.4 Å². The lowest BCUT2D eigenvalue weighted by Crippen LogP contribution is -2.31. The number of nitrogens with zero attached hydrogens (tertiary/aromatic N) is 4. The molecule has 0 aliphatic carbocycles. The minimum absolute atomic E-state index is 0.0278. The van der Waals surface area contributed by atoms with Gasteiger partial charge in [-0.1, -0.05) is 36.4 Å². The number of carbonyl (C=O) groups is 2. The molecule has 11 nitrogen and oxygen atoms in total. The third-order valence-corrected chi connectivity index (χ3v) is 5.36. The zero-order chi connectivity index (χ0) is 25.9. The first-order valence-corrected chi connectivity index (χ1v) is 11.3. The predicted molar refractivity (Wildman–Crippen MR) is 133 cm³/mol. The summed E-state index contributed by atoms with van der Waals surface area (Å²) in [5.74, 6) is -0.929. The van der Waals surface area contributed by atoms with Crippen LogP contribution in [0.5, 0.6) is 0 Å². The Kier molecular flexibility index (Phi) is 6.25. The fourth-order valence-corrected chi connectivity index (χ4v) is 3.66. The summed E-state index contributed by atoms with van der Waals surface area (Å²) in [6.45, 7) is 3.68. The lowest BCUT2D eigenvalue weighted by molar-refractivity contribution is 0.0594. The number of hydrogen-bond acceptors (Lipinski definition) is 9. The number of hydrazine groups is 1. The monoisotopic (exact) mass is 498 g/mol. The summed E-state index contributed by atoms with van der Waals surface area (Å²) in [6, 6.07) is 20.0. The molecular formula is C26H22N6O5. The highest BCUT2D eigenvalue weighted by Crippen LogP contribution is 2.27. The maximum absolute atomic E-state index is 13.3. The fourth-order valence-electron chi connectivity index (χ4n) is 3.66. The average Bonchev–Trinajstić information content (AvgIpc) is 3.64. The van der Waals surface area contributed by atoms with Crippen LogP contribution in [0, 0.1) is 13.8 Å². The van der Waals surface area contributed by atoms with E-state index < -0.39 is 11.9 Å². The second kappa shape index (κ2) is 9.82. The van der Waals surface area contributed by atoms with E-state index in [9.17, 15) is 9.59 Å². The molecule has 2 aromatic carbocycles. The number of carbonyl (C=O) groups excluding carboxylic acids is 2. The second-order valence-corrected chi connectivity index (χ2v) is 8.01. The summed E-state index contributed by atoms with van der Waals surface area (Å²) in [7, 11) is 1.22. The van der Waals surface area contributed by atoms with Gasteiger partial charge in [-0.3, -0.25) is 15.6 Å². The Bertz CT molecular complexity index is 1570. The van der Waals surface area contributed by atoms with Gasteiger partial charge in [0.2, 0.25) is 23.4 Å². The molecule has 37 heavy (non-hydrogen) atoms. The van der Waals surface area contributed by atoms with E-state index in [0.29, 0.717) is 11.1 Å². The van der Waals surface area contributed by atoms with Crippen molar-refractivity contribution in [3.8, 4) is 28.8 Å². The quantitative estimate of drug-likeness (QED) is 0.248. The number of hydrogen-bond donors (Lipinski definition) is 2. The van der Waals surface area contributed by atoms with E-state index >= 15 is 0 Å². The molecular weight excluding hydrogens is 476 g/mol. The van der Waals surface area contributed by atoms with Crippen molar-refractivity contribution >= 4 is 17.8 Å². The Morgan fingerprint density at radius 1 is 0.865 bits per heavy atom. The third-order valence-electron chi connectivity index (χ3n) is 5.36.